The zero-order valence-electron chi connectivity index (χ0n) is 11.3. The van der Waals surface area contributed by atoms with Gasteiger partial charge in [-0.2, -0.15) is 5.10 Å². The minimum absolute atomic E-state index is 0.0365. The second-order valence-corrected chi connectivity index (χ2v) is 4.71. The fourth-order valence-corrected chi connectivity index (χ4v) is 1.89. The zero-order chi connectivity index (χ0) is 15.4. The average molecular weight is 302 g/mol. The van der Waals surface area contributed by atoms with Gasteiger partial charge in [0.2, 0.25) is 5.43 Å². The maximum absolute atomic E-state index is 11.9. The molecule has 6 heteroatoms. The maximum Gasteiger partial charge on any atom is 0.276 e. The van der Waals surface area contributed by atoms with Gasteiger partial charge in [0.05, 0.1) is 12.2 Å². The van der Waals surface area contributed by atoms with Gasteiger partial charge in [-0.05, 0) is 31.2 Å². The number of hydrogen-bond donors (Lipinski definition) is 1. The monoisotopic (exact) mass is 301 g/mol. The number of aryl methyl sites for hydroxylation is 1. The van der Waals surface area contributed by atoms with Crippen molar-refractivity contribution in [3.63, 3.8) is 0 Å². The van der Waals surface area contributed by atoms with Crippen molar-refractivity contribution in [3.8, 4) is 18.0 Å². The molecule has 1 aromatic heterocycles. The summed E-state index contributed by atoms with van der Waals surface area (Å²) in [6.45, 7) is 1.76. The summed E-state index contributed by atoms with van der Waals surface area (Å²) in [5, 5.41) is 7.12. The first-order chi connectivity index (χ1) is 10.0. The molecule has 1 N–H and O–H groups in total. The highest BCUT2D eigenvalue weighted by atomic mass is 35.5. The lowest BCUT2D eigenvalue weighted by Gasteiger charge is -2.11. The molecule has 0 atom stereocenters. The third-order valence-corrected chi connectivity index (χ3v) is 3.00. The summed E-state index contributed by atoms with van der Waals surface area (Å²) >= 11 is 5.84. The molecular weight excluding hydrogens is 290 g/mol. The van der Waals surface area contributed by atoms with Crippen LogP contribution in [0.1, 0.15) is 16.2 Å². The normalized spacial score (nSPS) is 9.95. The van der Waals surface area contributed by atoms with Crippen molar-refractivity contribution in [2.75, 3.05) is 6.54 Å². The minimum atomic E-state index is -0.597. The number of hydrogen-bond acceptors (Lipinski definition) is 3. The van der Waals surface area contributed by atoms with Crippen molar-refractivity contribution in [1.82, 2.24) is 15.1 Å². The van der Waals surface area contributed by atoms with Gasteiger partial charge in [-0.1, -0.05) is 17.5 Å². The number of aromatic nitrogens is 2. The Labute approximate surface area is 126 Å². The van der Waals surface area contributed by atoms with Crippen LogP contribution in [0.5, 0.6) is 0 Å². The summed E-state index contributed by atoms with van der Waals surface area (Å²) in [7, 11) is 0. The molecule has 0 bridgehead atoms. The van der Waals surface area contributed by atoms with Crippen LogP contribution in [0.15, 0.2) is 35.1 Å². The van der Waals surface area contributed by atoms with Crippen molar-refractivity contribution >= 4 is 17.5 Å². The number of benzene rings is 1. The Kier molecular flexibility index (Phi) is 4.41. The molecule has 2 aromatic rings. The highest BCUT2D eigenvalue weighted by molar-refractivity contribution is 6.30. The van der Waals surface area contributed by atoms with Crippen LogP contribution >= 0.6 is 11.6 Å². The molecule has 0 aliphatic rings. The molecule has 21 heavy (non-hydrogen) atoms. The Bertz CT molecular complexity index is 773. The largest absolute Gasteiger partial charge is 0.340 e. The van der Waals surface area contributed by atoms with E-state index in [1.54, 1.807) is 31.2 Å². The molecule has 1 aromatic carbocycles. The summed E-state index contributed by atoms with van der Waals surface area (Å²) < 4.78 is 1.50. The predicted molar refractivity (Wildman–Crippen MR) is 80.7 cm³/mol. The number of carbonyl (C=O) groups is 1. The lowest BCUT2D eigenvalue weighted by molar-refractivity contribution is 0.0951. The lowest BCUT2D eigenvalue weighted by Crippen LogP contribution is -2.32. The van der Waals surface area contributed by atoms with Gasteiger partial charge < -0.3 is 5.32 Å². The highest BCUT2D eigenvalue weighted by Gasteiger charge is 2.14. The molecule has 0 radical (unpaired) electrons. The van der Waals surface area contributed by atoms with Crippen LogP contribution in [-0.4, -0.2) is 22.2 Å². The van der Waals surface area contributed by atoms with Gasteiger partial charge in [-0.25, -0.2) is 4.68 Å². The van der Waals surface area contributed by atoms with Crippen molar-refractivity contribution in [1.29, 1.82) is 0 Å². The molecular formula is C15H12ClN3O2. The molecule has 2 rings (SSSR count). The summed E-state index contributed by atoms with van der Waals surface area (Å²) in [5.41, 5.74) is 0.650. The Balaban J connectivity index is 2.48. The van der Waals surface area contributed by atoms with Crippen molar-refractivity contribution in [2.45, 2.75) is 6.92 Å². The first-order valence-corrected chi connectivity index (χ1v) is 6.49. The number of rotatable bonds is 3. The van der Waals surface area contributed by atoms with Gasteiger partial charge in [0.1, 0.15) is 0 Å². The lowest BCUT2D eigenvalue weighted by atomic mass is 10.2. The van der Waals surface area contributed by atoms with E-state index in [-0.39, 0.29) is 12.2 Å². The van der Waals surface area contributed by atoms with Gasteiger partial charge >= 0.3 is 0 Å². The first kappa shape index (κ1) is 14.8. The zero-order valence-corrected chi connectivity index (χ0v) is 12.0. The SMILES string of the molecule is C#CCNC(=O)c1nn(-c2ccc(Cl)cc2)c(C)cc1=O. The average Bonchev–Trinajstić information content (AvgIpc) is 2.46. The molecule has 1 amide bonds. The van der Waals surface area contributed by atoms with Gasteiger partial charge in [-0.15, -0.1) is 6.42 Å². The van der Waals surface area contributed by atoms with Crippen LogP contribution in [0.4, 0.5) is 0 Å². The van der Waals surface area contributed by atoms with Crippen molar-refractivity contribution in [2.24, 2.45) is 0 Å². The maximum atomic E-state index is 11.9. The highest BCUT2D eigenvalue weighted by Crippen LogP contribution is 2.13. The van der Waals surface area contributed by atoms with Crippen molar-refractivity contribution in [3.05, 3.63) is 57.0 Å². The molecule has 106 valence electrons. The molecule has 5 nitrogen and oxygen atoms in total. The number of nitrogens with one attached hydrogen (secondary N) is 1. The fraction of sp³-hybridized carbons (Fsp3) is 0.133. The minimum Gasteiger partial charge on any atom is -0.340 e. The Morgan fingerprint density at radius 2 is 2.10 bits per heavy atom. The van der Waals surface area contributed by atoms with Crippen molar-refractivity contribution < 1.29 is 4.79 Å². The summed E-state index contributed by atoms with van der Waals surface area (Å²) in [6, 6.07) is 8.25. The van der Waals surface area contributed by atoms with E-state index in [4.69, 9.17) is 18.0 Å². The van der Waals surface area contributed by atoms with E-state index in [1.165, 1.54) is 10.7 Å². The van der Waals surface area contributed by atoms with Crippen LogP contribution in [0, 0.1) is 19.3 Å². The quantitative estimate of drug-likeness (QED) is 0.875. The second kappa shape index (κ2) is 6.25. The number of terminal acetylenes is 1. The standard InChI is InChI=1S/C15H12ClN3O2/c1-3-8-17-15(21)14-13(20)9-10(2)19(18-14)12-6-4-11(16)5-7-12/h1,4-7,9H,8H2,2H3,(H,17,21). The Morgan fingerprint density at radius 1 is 1.43 bits per heavy atom. The van der Waals surface area contributed by atoms with E-state index < -0.39 is 11.3 Å². The summed E-state index contributed by atoms with van der Waals surface area (Å²) in [4.78, 5) is 23.7. The van der Waals surface area contributed by atoms with E-state index in [9.17, 15) is 9.59 Å². The molecule has 0 saturated carbocycles. The summed E-state index contributed by atoms with van der Waals surface area (Å²) in [5.74, 6) is 1.67. The van der Waals surface area contributed by atoms with Crippen LogP contribution in [-0.2, 0) is 0 Å². The molecule has 0 unspecified atom stereocenters. The molecule has 0 aliphatic carbocycles. The molecule has 0 aliphatic heterocycles. The van der Waals surface area contributed by atoms with Crippen LogP contribution < -0.4 is 10.7 Å². The van der Waals surface area contributed by atoms with E-state index in [0.717, 1.165) is 0 Å². The number of nitrogens with zero attached hydrogens (tertiary/aromatic N) is 2. The third-order valence-electron chi connectivity index (χ3n) is 2.74. The van der Waals surface area contributed by atoms with Gasteiger partial charge in [-0.3, -0.25) is 9.59 Å². The Morgan fingerprint density at radius 3 is 2.71 bits per heavy atom. The van der Waals surface area contributed by atoms with E-state index >= 15 is 0 Å². The van der Waals surface area contributed by atoms with Crippen LogP contribution in [0.3, 0.4) is 0 Å². The van der Waals surface area contributed by atoms with Gasteiger partial charge in [0.15, 0.2) is 5.69 Å². The molecule has 0 saturated heterocycles. The van der Waals surface area contributed by atoms with Gasteiger partial charge in [0.25, 0.3) is 5.91 Å². The predicted octanol–water partition coefficient (Wildman–Crippen LogP) is 1.56. The second-order valence-electron chi connectivity index (χ2n) is 4.27. The number of carbonyl (C=O) groups excluding carboxylic acids is 1. The molecule has 0 fully saturated rings. The fourth-order valence-electron chi connectivity index (χ4n) is 1.76. The summed E-state index contributed by atoms with van der Waals surface area (Å²) in [6.07, 6.45) is 5.07. The van der Waals surface area contributed by atoms with Crippen LogP contribution in [0.2, 0.25) is 5.02 Å². The number of amides is 1. The van der Waals surface area contributed by atoms with Crippen LogP contribution in [0.25, 0.3) is 5.69 Å². The topological polar surface area (TPSA) is 64.0 Å². The van der Waals surface area contributed by atoms with E-state index in [2.05, 4.69) is 16.3 Å². The van der Waals surface area contributed by atoms with E-state index in [0.29, 0.717) is 16.4 Å². The third kappa shape index (κ3) is 3.30. The molecule has 0 spiro atoms. The Hall–Kier alpha value is -2.58. The van der Waals surface area contributed by atoms with Gasteiger partial charge in [0, 0.05) is 16.8 Å². The number of halogens is 1. The smallest absolute Gasteiger partial charge is 0.276 e. The first-order valence-electron chi connectivity index (χ1n) is 6.11. The van der Waals surface area contributed by atoms with E-state index in [1.807, 2.05) is 0 Å². The molecule has 1 heterocycles.